The van der Waals surface area contributed by atoms with Gasteiger partial charge < -0.3 is 10.1 Å². The molecule has 1 aliphatic carbocycles. The van der Waals surface area contributed by atoms with E-state index in [1.54, 1.807) is 7.11 Å². The maximum Gasteiger partial charge on any atom is 0.123 e. The second kappa shape index (κ2) is 7.36. The number of hydrogen-bond donors (Lipinski definition) is 1. The third-order valence-electron chi connectivity index (χ3n) is 3.98. The summed E-state index contributed by atoms with van der Waals surface area (Å²) >= 11 is 0. The summed E-state index contributed by atoms with van der Waals surface area (Å²) in [4.78, 5) is 0. The van der Waals surface area contributed by atoms with Crippen molar-refractivity contribution in [3.8, 4) is 5.75 Å². The zero-order valence-electron chi connectivity index (χ0n) is 12.3. The monoisotopic (exact) mass is 307 g/mol. The van der Waals surface area contributed by atoms with Crippen molar-refractivity contribution in [3.63, 3.8) is 0 Å². The highest BCUT2D eigenvalue weighted by molar-refractivity contribution is 5.85. The van der Waals surface area contributed by atoms with Crippen LogP contribution in [0.1, 0.15) is 37.3 Å². The van der Waals surface area contributed by atoms with Crippen LogP contribution < -0.4 is 10.1 Å². The van der Waals surface area contributed by atoms with Gasteiger partial charge in [-0.25, -0.2) is 0 Å². The number of aromatic nitrogens is 2. The normalized spacial score (nSPS) is 14.7. The lowest BCUT2D eigenvalue weighted by atomic mass is 10.2. The highest BCUT2D eigenvalue weighted by atomic mass is 35.5. The molecule has 0 bridgehead atoms. The zero-order valence-corrected chi connectivity index (χ0v) is 13.1. The van der Waals surface area contributed by atoms with Gasteiger partial charge in [-0.1, -0.05) is 31.0 Å². The summed E-state index contributed by atoms with van der Waals surface area (Å²) in [7, 11) is 1.71. The Morgan fingerprint density at radius 3 is 2.81 bits per heavy atom. The number of rotatable bonds is 5. The first-order valence-corrected chi connectivity index (χ1v) is 7.27. The molecule has 1 saturated carbocycles. The fourth-order valence-electron chi connectivity index (χ4n) is 2.84. The van der Waals surface area contributed by atoms with Crippen LogP contribution in [-0.4, -0.2) is 16.9 Å². The second-order valence-electron chi connectivity index (χ2n) is 5.31. The van der Waals surface area contributed by atoms with Crippen molar-refractivity contribution >= 4 is 18.1 Å². The molecule has 0 aliphatic heterocycles. The zero-order chi connectivity index (χ0) is 13.8. The highest BCUT2D eigenvalue weighted by Gasteiger charge is 2.17. The van der Waals surface area contributed by atoms with Gasteiger partial charge in [0.1, 0.15) is 5.75 Å². The van der Waals surface area contributed by atoms with Crippen molar-refractivity contribution in [2.24, 2.45) is 0 Å². The van der Waals surface area contributed by atoms with Gasteiger partial charge in [0.05, 0.1) is 25.0 Å². The third kappa shape index (κ3) is 3.70. The molecule has 5 heteroatoms. The van der Waals surface area contributed by atoms with Gasteiger partial charge in [-0.05, 0) is 18.9 Å². The van der Waals surface area contributed by atoms with Crippen LogP contribution in [-0.2, 0) is 6.54 Å². The van der Waals surface area contributed by atoms with Crippen molar-refractivity contribution in [2.45, 2.75) is 38.3 Å². The Hall–Kier alpha value is -1.68. The minimum absolute atomic E-state index is 0. The van der Waals surface area contributed by atoms with Crippen LogP contribution in [0.15, 0.2) is 36.7 Å². The first-order chi connectivity index (χ1) is 9.86. The van der Waals surface area contributed by atoms with Crippen molar-refractivity contribution < 1.29 is 4.74 Å². The van der Waals surface area contributed by atoms with Gasteiger partial charge in [0, 0.05) is 18.3 Å². The summed E-state index contributed by atoms with van der Waals surface area (Å²) in [5.74, 6) is 0.920. The smallest absolute Gasteiger partial charge is 0.123 e. The number of methoxy groups -OCH3 is 1. The van der Waals surface area contributed by atoms with Gasteiger partial charge in [-0.15, -0.1) is 12.4 Å². The summed E-state index contributed by atoms with van der Waals surface area (Å²) in [6.07, 6.45) is 9.20. The summed E-state index contributed by atoms with van der Waals surface area (Å²) in [5.41, 5.74) is 2.23. The number of para-hydroxylation sites is 1. The van der Waals surface area contributed by atoms with Crippen molar-refractivity contribution in [1.82, 2.24) is 9.78 Å². The maximum atomic E-state index is 5.36. The highest BCUT2D eigenvalue weighted by Crippen LogP contribution is 2.29. The van der Waals surface area contributed by atoms with E-state index >= 15 is 0 Å². The van der Waals surface area contributed by atoms with Gasteiger partial charge in [-0.3, -0.25) is 4.68 Å². The molecule has 1 aromatic heterocycles. The summed E-state index contributed by atoms with van der Waals surface area (Å²) < 4.78 is 7.47. The van der Waals surface area contributed by atoms with Crippen LogP contribution in [0.25, 0.3) is 0 Å². The largest absolute Gasteiger partial charge is 0.496 e. The standard InChI is InChI=1S/C16H21N3O.ClH/c1-20-16-9-5-2-6-13(16)10-17-14-11-18-19(12-14)15-7-3-4-8-15;/h2,5-6,9,11-12,15,17H,3-4,7-8,10H2,1H3;1H. The summed E-state index contributed by atoms with van der Waals surface area (Å²) in [6.45, 7) is 0.750. The first-order valence-electron chi connectivity index (χ1n) is 7.27. The molecule has 4 nitrogen and oxygen atoms in total. The minimum atomic E-state index is 0. The predicted molar refractivity (Wildman–Crippen MR) is 87.3 cm³/mol. The molecule has 0 radical (unpaired) electrons. The molecule has 3 rings (SSSR count). The molecular weight excluding hydrogens is 286 g/mol. The molecule has 114 valence electrons. The van der Waals surface area contributed by atoms with Crippen molar-refractivity contribution in [2.75, 3.05) is 12.4 Å². The number of nitrogens with one attached hydrogen (secondary N) is 1. The molecule has 2 aromatic rings. The van der Waals surface area contributed by atoms with Gasteiger partial charge in [0.15, 0.2) is 0 Å². The molecule has 1 N–H and O–H groups in total. The Bertz CT molecular complexity index is 564. The van der Waals surface area contributed by atoms with Crippen LogP contribution in [0.2, 0.25) is 0 Å². The van der Waals surface area contributed by atoms with E-state index in [1.807, 2.05) is 24.4 Å². The summed E-state index contributed by atoms with van der Waals surface area (Å²) in [5, 5.41) is 7.89. The lowest BCUT2D eigenvalue weighted by molar-refractivity contribution is 0.410. The van der Waals surface area contributed by atoms with E-state index in [4.69, 9.17) is 4.74 Å². The van der Waals surface area contributed by atoms with Crippen molar-refractivity contribution in [1.29, 1.82) is 0 Å². The quantitative estimate of drug-likeness (QED) is 0.906. The topological polar surface area (TPSA) is 39.1 Å². The van der Waals surface area contributed by atoms with Crippen LogP contribution >= 0.6 is 12.4 Å². The van der Waals surface area contributed by atoms with Crippen LogP contribution in [0.5, 0.6) is 5.75 Å². The molecule has 21 heavy (non-hydrogen) atoms. The van der Waals surface area contributed by atoms with E-state index in [1.165, 1.54) is 25.7 Å². The van der Waals surface area contributed by atoms with E-state index in [0.29, 0.717) is 6.04 Å². The number of ether oxygens (including phenoxy) is 1. The fourth-order valence-corrected chi connectivity index (χ4v) is 2.84. The Balaban J connectivity index is 0.00000161. The van der Waals surface area contributed by atoms with E-state index in [9.17, 15) is 0 Å². The molecule has 0 spiro atoms. The van der Waals surface area contributed by atoms with E-state index in [2.05, 4.69) is 27.4 Å². The number of nitrogens with zero attached hydrogens (tertiary/aromatic N) is 2. The second-order valence-corrected chi connectivity index (χ2v) is 5.31. The Labute approximate surface area is 131 Å². The lowest BCUT2D eigenvalue weighted by Gasteiger charge is -2.10. The Morgan fingerprint density at radius 2 is 2.05 bits per heavy atom. The van der Waals surface area contributed by atoms with Gasteiger partial charge in [0.25, 0.3) is 0 Å². The number of halogens is 1. The average Bonchev–Trinajstić information content (AvgIpc) is 3.16. The molecule has 0 saturated heterocycles. The molecule has 1 fully saturated rings. The molecule has 0 amide bonds. The molecule has 1 aliphatic rings. The van der Waals surface area contributed by atoms with Gasteiger partial charge >= 0.3 is 0 Å². The molecule has 1 heterocycles. The Morgan fingerprint density at radius 1 is 1.29 bits per heavy atom. The molecule has 0 unspecified atom stereocenters. The van der Waals surface area contributed by atoms with Crippen LogP contribution in [0, 0.1) is 0 Å². The van der Waals surface area contributed by atoms with Gasteiger partial charge in [-0.2, -0.15) is 5.10 Å². The SMILES string of the molecule is COc1ccccc1CNc1cnn(C2CCCC2)c1.Cl. The number of benzene rings is 1. The Kier molecular flexibility index (Phi) is 5.51. The predicted octanol–water partition coefficient (Wildman–Crippen LogP) is 4.04. The van der Waals surface area contributed by atoms with Crippen LogP contribution in [0.3, 0.4) is 0 Å². The maximum absolute atomic E-state index is 5.36. The van der Waals surface area contributed by atoms with E-state index < -0.39 is 0 Å². The fraction of sp³-hybridized carbons (Fsp3) is 0.438. The average molecular weight is 308 g/mol. The molecular formula is C16H22ClN3O. The van der Waals surface area contributed by atoms with E-state index in [0.717, 1.165) is 23.5 Å². The van der Waals surface area contributed by atoms with E-state index in [-0.39, 0.29) is 12.4 Å². The lowest BCUT2D eigenvalue weighted by Crippen LogP contribution is -2.04. The summed E-state index contributed by atoms with van der Waals surface area (Å²) in [6, 6.07) is 8.67. The van der Waals surface area contributed by atoms with Crippen molar-refractivity contribution in [3.05, 3.63) is 42.2 Å². The van der Waals surface area contributed by atoms with Gasteiger partial charge in [0.2, 0.25) is 0 Å². The molecule has 0 atom stereocenters. The number of hydrogen-bond acceptors (Lipinski definition) is 3. The minimum Gasteiger partial charge on any atom is -0.496 e. The number of anilines is 1. The molecule has 1 aromatic carbocycles. The van der Waals surface area contributed by atoms with Crippen LogP contribution in [0.4, 0.5) is 5.69 Å². The third-order valence-corrected chi connectivity index (χ3v) is 3.98. The first kappa shape index (κ1) is 15.7.